The minimum atomic E-state index is -1.40. The van der Waals surface area contributed by atoms with Crippen LogP contribution in [0.3, 0.4) is 0 Å². The Balaban J connectivity index is 1.93. The molecule has 2 N–H and O–H groups in total. The summed E-state index contributed by atoms with van der Waals surface area (Å²) in [5, 5.41) is 22.6. The van der Waals surface area contributed by atoms with Crippen LogP contribution in [0.25, 0.3) is 0 Å². The molecule has 7 nitrogen and oxygen atoms in total. The number of carboxylic acids is 1. The van der Waals surface area contributed by atoms with Crippen molar-refractivity contribution in [3.05, 3.63) is 124 Å². The lowest BCUT2D eigenvalue weighted by atomic mass is 9.80. The van der Waals surface area contributed by atoms with Gasteiger partial charge in [-0.25, -0.2) is 9.59 Å². The molecule has 0 spiro atoms. The number of phenolic OH excluding ortho intramolecular Hbond substituents is 1. The number of benzene rings is 4. The second kappa shape index (κ2) is 14.2. The van der Waals surface area contributed by atoms with Gasteiger partial charge in [0.1, 0.15) is 22.6 Å². The Hall–Kier alpha value is -4.02. The van der Waals surface area contributed by atoms with Crippen molar-refractivity contribution in [2.75, 3.05) is 0 Å². The highest BCUT2D eigenvalue weighted by molar-refractivity contribution is 14.1. The molecule has 0 heterocycles. The fraction of sp³-hybridized carbons (Fsp3) is 0.333. The molecular weight excluding hydrogens is 779 g/mol. The minimum Gasteiger partial charge on any atom is -0.507 e. The number of phenols is 1. The third-order valence-electron chi connectivity index (χ3n) is 9.01. The van der Waals surface area contributed by atoms with E-state index >= 15 is 0 Å². The van der Waals surface area contributed by atoms with Crippen LogP contribution in [0.2, 0.25) is 5.02 Å². The molecule has 0 aliphatic rings. The number of aromatic carboxylic acids is 1. The Morgan fingerprint density at radius 1 is 0.667 bits per heavy atom. The monoisotopic (exact) mass is 822 g/mol. The van der Waals surface area contributed by atoms with Crippen LogP contribution in [0, 0.1) is 17.4 Å². The maximum atomic E-state index is 14.3. The van der Waals surface area contributed by atoms with Gasteiger partial charge in [-0.3, -0.25) is 9.59 Å². The number of carbonyl (C=O) groups is 4. The van der Waals surface area contributed by atoms with Crippen molar-refractivity contribution in [2.45, 2.75) is 92.4 Å². The van der Waals surface area contributed by atoms with E-state index in [1.165, 1.54) is 6.92 Å². The van der Waals surface area contributed by atoms with Crippen LogP contribution in [-0.2, 0) is 16.2 Å². The number of carboxylic acid groups (broad SMARTS) is 1. The lowest BCUT2D eigenvalue weighted by Gasteiger charge is -2.27. The first-order chi connectivity index (χ1) is 23.4. The van der Waals surface area contributed by atoms with E-state index in [1.54, 1.807) is 49.4 Å². The second-order valence-corrected chi connectivity index (χ2v) is 17.5. The van der Waals surface area contributed by atoms with E-state index in [4.69, 9.17) is 16.3 Å². The van der Waals surface area contributed by atoms with Crippen LogP contribution < -0.4 is 4.74 Å². The van der Waals surface area contributed by atoms with Crippen molar-refractivity contribution in [1.82, 2.24) is 0 Å². The van der Waals surface area contributed by atoms with Gasteiger partial charge in [0.15, 0.2) is 11.6 Å². The van der Waals surface area contributed by atoms with Crippen LogP contribution in [0.4, 0.5) is 0 Å². The third kappa shape index (κ3) is 8.07. The first-order valence-electron chi connectivity index (χ1n) is 16.5. The van der Waals surface area contributed by atoms with Gasteiger partial charge < -0.3 is 14.9 Å². The molecule has 0 atom stereocenters. The average molecular weight is 823 g/mol. The predicted molar refractivity (Wildman–Crippen MR) is 210 cm³/mol. The Morgan fingerprint density at radius 2 is 1.14 bits per heavy atom. The summed E-state index contributed by atoms with van der Waals surface area (Å²) in [5.41, 5.74) is 0.822. The fourth-order valence-corrected chi connectivity index (χ4v) is 6.59. The number of ether oxygens (including phenoxy) is 1. The maximum absolute atomic E-state index is 14.3. The molecule has 4 aromatic carbocycles. The quantitative estimate of drug-likeness (QED) is 0.0825. The largest absolute Gasteiger partial charge is 0.507 e. The topological polar surface area (TPSA) is 118 Å². The molecule has 0 aliphatic heterocycles. The predicted octanol–water partition coefficient (Wildman–Crippen LogP) is 10.5. The second-order valence-electron chi connectivity index (χ2n) is 15.9. The number of halogens is 2. The molecule has 9 heteroatoms. The van der Waals surface area contributed by atoms with E-state index in [1.807, 2.05) is 76.3 Å². The van der Waals surface area contributed by atoms with Crippen molar-refractivity contribution in [2.24, 2.45) is 0 Å². The summed E-state index contributed by atoms with van der Waals surface area (Å²) in [6.07, 6.45) is 0. The van der Waals surface area contributed by atoms with Gasteiger partial charge in [-0.15, -0.1) is 0 Å². The van der Waals surface area contributed by atoms with E-state index in [9.17, 15) is 29.4 Å². The van der Waals surface area contributed by atoms with E-state index in [0.29, 0.717) is 30.8 Å². The molecule has 4 rings (SSSR count). The number of carbonyl (C=O) groups excluding carboxylic acids is 3. The van der Waals surface area contributed by atoms with E-state index in [0.717, 1.165) is 5.56 Å². The lowest BCUT2D eigenvalue weighted by Crippen LogP contribution is -2.24. The third-order valence-corrected chi connectivity index (χ3v) is 10.6. The average Bonchev–Trinajstić information content (AvgIpc) is 3.00. The van der Waals surface area contributed by atoms with Gasteiger partial charge in [-0.05, 0) is 99.7 Å². The van der Waals surface area contributed by atoms with Gasteiger partial charge in [-0.1, -0.05) is 98.2 Å². The first-order valence-corrected chi connectivity index (χ1v) is 18.0. The molecule has 0 aliphatic carbocycles. The first kappa shape index (κ1) is 39.8. The fourth-order valence-electron chi connectivity index (χ4n) is 5.95. The summed E-state index contributed by atoms with van der Waals surface area (Å²) in [7, 11) is 0. The summed E-state index contributed by atoms with van der Waals surface area (Å²) in [6.45, 7) is 20.3. The molecule has 0 amide bonds. The van der Waals surface area contributed by atoms with Gasteiger partial charge in [0.05, 0.1) is 5.02 Å². The van der Waals surface area contributed by atoms with Gasteiger partial charge >= 0.3 is 11.9 Å². The molecule has 0 aromatic heterocycles. The molecule has 0 saturated heterocycles. The highest BCUT2D eigenvalue weighted by atomic mass is 127. The van der Waals surface area contributed by atoms with Crippen molar-refractivity contribution < 1.29 is 34.1 Å². The van der Waals surface area contributed by atoms with Crippen LogP contribution in [0.5, 0.6) is 11.5 Å². The molecular formula is C42H44ClIO7. The minimum absolute atomic E-state index is 0.104. The Kier molecular flexibility index (Phi) is 11.1. The maximum Gasteiger partial charge on any atom is 0.347 e. The van der Waals surface area contributed by atoms with Gasteiger partial charge in [0, 0.05) is 37.0 Å². The van der Waals surface area contributed by atoms with Crippen LogP contribution in [-0.4, -0.2) is 33.7 Å². The van der Waals surface area contributed by atoms with E-state index < -0.39 is 28.6 Å². The molecule has 0 bridgehead atoms. The van der Waals surface area contributed by atoms with E-state index in [2.05, 4.69) is 20.8 Å². The molecule has 0 unspecified atom stereocenters. The number of aromatic hydroxyl groups is 1. The number of hydrogen-bond acceptors (Lipinski definition) is 6. The summed E-state index contributed by atoms with van der Waals surface area (Å²) in [6, 6.07) is 15.2. The molecule has 4 aromatic rings. The van der Waals surface area contributed by atoms with Gasteiger partial charge in [0.2, 0.25) is 0 Å². The van der Waals surface area contributed by atoms with Crippen molar-refractivity contribution in [3.8, 4) is 11.5 Å². The van der Waals surface area contributed by atoms with Crippen molar-refractivity contribution in [3.63, 3.8) is 0 Å². The lowest BCUT2D eigenvalue weighted by molar-refractivity contribution is 0.0678. The Bertz CT molecular complexity index is 2090. The van der Waals surface area contributed by atoms with Gasteiger partial charge in [-0.2, -0.15) is 0 Å². The highest BCUT2D eigenvalue weighted by Crippen LogP contribution is 2.42. The zero-order chi connectivity index (χ0) is 38.5. The smallest absolute Gasteiger partial charge is 0.347 e. The van der Waals surface area contributed by atoms with E-state index in [-0.39, 0.29) is 56.1 Å². The standard InChI is InChI=1S/C42H44ClIO7/c1-21-26(34(45)23-12-15-25(16-13-23)40(3,4)5)19-28(41(6,7)8)36(47)32(21)39(50)51-37-29(42(9,10)11)20-27(22(2)33(37)38(48)49)35(46)24-14-17-30(43)31(44)18-24/h12-20,47H,1-11H3,(H,48,49). The Morgan fingerprint density at radius 3 is 1.61 bits per heavy atom. The molecule has 268 valence electrons. The molecule has 0 fully saturated rings. The summed E-state index contributed by atoms with van der Waals surface area (Å²) < 4.78 is 6.67. The van der Waals surface area contributed by atoms with Crippen LogP contribution in [0.1, 0.15) is 143 Å². The van der Waals surface area contributed by atoms with Gasteiger partial charge in [0.25, 0.3) is 0 Å². The molecule has 0 saturated carbocycles. The van der Waals surface area contributed by atoms with Crippen molar-refractivity contribution >= 4 is 57.7 Å². The highest BCUT2D eigenvalue weighted by Gasteiger charge is 2.35. The molecule has 0 radical (unpaired) electrons. The number of esters is 1. The number of hydrogen-bond donors (Lipinski definition) is 2. The van der Waals surface area contributed by atoms with Crippen LogP contribution >= 0.6 is 34.2 Å². The normalized spacial score (nSPS) is 12.1. The zero-order valence-corrected chi connectivity index (χ0v) is 33.8. The summed E-state index contributed by atoms with van der Waals surface area (Å²) >= 11 is 8.21. The number of ketones is 2. The summed E-state index contributed by atoms with van der Waals surface area (Å²) in [4.78, 5) is 55.1. The van der Waals surface area contributed by atoms with Crippen molar-refractivity contribution in [1.29, 1.82) is 0 Å². The number of rotatable bonds is 7. The SMILES string of the molecule is Cc1c(C(=O)c2ccc(C(C)(C)C)cc2)cc(C(C)(C)C)c(O)c1C(=O)Oc1c(C(C)(C)C)cc(C(=O)c2ccc(Cl)c(I)c2)c(C)c1C(=O)O. The Labute approximate surface area is 318 Å². The van der Waals surface area contributed by atoms with Crippen LogP contribution in [0.15, 0.2) is 54.6 Å². The zero-order valence-electron chi connectivity index (χ0n) is 30.9. The summed E-state index contributed by atoms with van der Waals surface area (Å²) in [5.74, 6) is -3.81. The molecule has 51 heavy (non-hydrogen) atoms.